The van der Waals surface area contributed by atoms with Crippen LogP contribution in [0.4, 0.5) is 5.69 Å². The van der Waals surface area contributed by atoms with Crippen LogP contribution in [0.5, 0.6) is 0 Å². The van der Waals surface area contributed by atoms with Crippen LogP contribution in [0.3, 0.4) is 0 Å². The number of carbonyl (C=O) groups excluding carboxylic acids is 1. The summed E-state index contributed by atoms with van der Waals surface area (Å²) in [5, 5.41) is 6.97. The molecule has 0 fully saturated rings. The van der Waals surface area contributed by atoms with E-state index in [4.69, 9.17) is 23.2 Å². The Bertz CT molecular complexity index is 597. The van der Waals surface area contributed by atoms with Gasteiger partial charge >= 0.3 is 0 Å². The topological polar surface area (TPSA) is 41.1 Å². The van der Waals surface area contributed by atoms with Crippen LogP contribution in [0.25, 0.3) is 0 Å². The summed E-state index contributed by atoms with van der Waals surface area (Å²) >= 11 is 11.8. The van der Waals surface area contributed by atoms with Crippen molar-refractivity contribution >= 4 is 34.8 Å². The molecule has 2 N–H and O–H groups in total. The number of benzene rings is 2. The van der Waals surface area contributed by atoms with E-state index in [-0.39, 0.29) is 12.5 Å². The lowest BCUT2D eigenvalue weighted by atomic mass is 10.1. The molecule has 0 unspecified atom stereocenters. The van der Waals surface area contributed by atoms with E-state index in [1.165, 1.54) is 5.56 Å². The van der Waals surface area contributed by atoms with Crippen LogP contribution in [0.1, 0.15) is 12.0 Å². The van der Waals surface area contributed by atoms with E-state index in [9.17, 15) is 4.79 Å². The molecule has 3 nitrogen and oxygen atoms in total. The summed E-state index contributed by atoms with van der Waals surface area (Å²) in [6, 6.07) is 15.3. The molecule has 2 aromatic rings. The molecule has 0 saturated carbocycles. The molecule has 22 heavy (non-hydrogen) atoms. The number of carbonyl (C=O) groups is 1. The van der Waals surface area contributed by atoms with Crippen molar-refractivity contribution in [3.05, 3.63) is 64.1 Å². The Morgan fingerprint density at radius 3 is 2.36 bits per heavy atom. The predicted molar refractivity (Wildman–Crippen MR) is 92.7 cm³/mol. The summed E-state index contributed by atoms with van der Waals surface area (Å²) in [5.41, 5.74) is 2.01. The number of halogens is 2. The van der Waals surface area contributed by atoms with Crippen molar-refractivity contribution in [1.29, 1.82) is 0 Å². The number of nitrogens with one attached hydrogen (secondary N) is 2. The van der Waals surface area contributed by atoms with E-state index in [1.54, 1.807) is 18.2 Å². The van der Waals surface area contributed by atoms with Gasteiger partial charge in [0.05, 0.1) is 6.54 Å². The molecule has 0 aliphatic carbocycles. The summed E-state index contributed by atoms with van der Waals surface area (Å²) in [7, 11) is 0. The van der Waals surface area contributed by atoms with E-state index in [1.807, 2.05) is 18.2 Å². The Labute approximate surface area is 140 Å². The van der Waals surface area contributed by atoms with Crippen molar-refractivity contribution in [2.24, 2.45) is 0 Å². The highest BCUT2D eigenvalue weighted by Gasteiger charge is 2.02. The largest absolute Gasteiger partial charge is 0.376 e. The SMILES string of the molecule is O=C(CNc1cc(Cl)cc(Cl)c1)NCCCc1ccccc1. The van der Waals surface area contributed by atoms with Crippen molar-refractivity contribution in [1.82, 2.24) is 5.32 Å². The molecule has 0 atom stereocenters. The van der Waals surface area contributed by atoms with E-state index in [0.29, 0.717) is 16.6 Å². The average Bonchev–Trinajstić information content (AvgIpc) is 2.50. The van der Waals surface area contributed by atoms with Crippen molar-refractivity contribution < 1.29 is 4.79 Å². The second-order valence-electron chi connectivity index (χ2n) is 4.95. The second-order valence-corrected chi connectivity index (χ2v) is 5.82. The van der Waals surface area contributed by atoms with Gasteiger partial charge in [-0.3, -0.25) is 4.79 Å². The molecular weight excluding hydrogens is 319 g/mol. The lowest BCUT2D eigenvalue weighted by Crippen LogP contribution is -2.30. The van der Waals surface area contributed by atoms with Crippen molar-refractivity contribution in [3.8, 4) is 0 Å². The minimum Gasteiger partial charge on any atom is -0.376 e. The number of hydrogen-bond donors (Lipinski definition) is 2. The minimum atomic E-state index is -0.0517. The van der Waals surface area contributed by atoms with E-state index < -0.39 is 0 Å². The minimum absolute atomic E-state index is 0.0517. The molecule has 1 amide bonds. The summed E-state index contributed by atoms with van der Waals surface area (Å²) < 4.78 is 0. The summed E-state index contributed by atoms with van der Waals surface area (Å²) in [6.45, 7) is 0.855. The fourth-order valence-corrected chi connectivity index (χ4v) is 2.59. The maximum Gasteiger partial charge on any atom is 0.239 e. The molecule has 0 heterocycles. The highest BCUT2D eigenvalue weighted by atomic mass is 35.5. The normalized spacial score (nSPS) is 10.3. The first kappa shape index (κ1) is 16.7. The van der Waals surface area contributed by atoms with Crippen LogP contribution in [-0.4, -0.2) is 19.0 Å². The van der Waals surface area contributed by atoms with Gasteiger partial charge in [-0.05, 0) is 36.6 Å². The Kier molecular flexibility index (Phi) is 6.56. The number of anilines is 1. The van der Waals surface area contributed by atoms with Crippen LogP contribution in [-0.2, 0) is 11.2 Å². The first-order chi connectivity index (χ1) is 10.6. The summed E-state index contributed by atoms with van der Waals surface area (Å²) in [4.78, 5) is 11.8. The zero-order valence-corrected chi connectivity index (χ0v) is 13.6. The molecule has 2 aromatic carbocycles. The number of rotatable bonds is 7. The van der Waals surface area contributed by atoms with Gasteiger partial charge in [0, 0.05) is 22.3 Å². The maximum absolute atomic E-state index is 11.8. The van der Waals surface area contributed by atoms with Crippen LogP contribution in [0, 0.1) is 0 Å². The van der Waals surface area contributed by atoms with Gasteiger partial charge in [-0.2, -0.15) is 0 Å². The molecule has 0 spiro atoms. The quantitative estimate of drug-likeness (QED) is 0.745. The first-order valence-electron chi connectivity index (χ1n) is 7.14. The van der Waals surface area contributed by atoms with Gasteiger partial charge in [-0.1, -0.05) is 53.5 Å². The zero-order chi connectivity index (χ0) is 15.8. The third-order valence-corrected chi connectivity index (χ3v) is 3.56. The van der Waals surface area contributed by atoms with Crippen LogP contribution >= 0.6 is 23.2 Å². The van der Waals surface area contributed by atoms with Gasteiger partial charge in [-0.15, -0.1) is 0 Å². The Hall–Kier alpha value is -1.71. The zero-order valence-electron chi connectivity index (χ0n) is 12.1. The molecule has 2 rings (SSSR count). The molecule has 0 aliphatic heterocycles. The lowest BCUT2D eigenvalue weighted by Gasteiger charge is -2.08. The predicted octanol–water partition coefficient (Wildman–Crippen LogP) is 4.15. The Balaban J connectivity index is 1.65. The fourth-order valence-electron chi connectivity index (χ4n) is 2.07. The molecule has 0 aliphatic rings. The number of amides is 1. The van der Waals surface area contributed by atoms with Gasteiger partial charge < -0.3 is 10.6 Å². The summed E-state index contributed by atoms with van der Waals surface area (Å²) in [6.07, 6.45) is 1.87. The molecule has 0 radical (unpaired) electrons. The van der Waals surface area contributed by atoms with Crippen molar-refractivity contribution in [3.63, 3.8) is 0 Å². The van der Waals surface area contributed by atoms with Gasteiger partial charge in [0.2, 0.25) is 5.91 Å². The van der Waals surface area contributed by atoms with Crippen molar-refractivity contribution in [2.45, 2.75) is 12.8 Å². The molecule has 5 heteroatoms. The second kappa shape index (κ2) is 8.66. The van der Waals surface area contributed by atoms with Crippen LogP contribution in [0.15, 0.2) is 48.5 Å². The van der Waals surface area contributed by atoms with Crippen molar-refractivity contribution in [2.75, 3.05) is 18.4 Å². The monoisotopic (exact) mass is 336 g/mol. The van der Waals surface area contributed by atoms with E-state index in [0.717, 1.165) is 18.5 Å². The average molecular weight is 337 g/mol. The smallest absolute Gasteiger partial charge is 0.239 e. The molecule has 0 bridgehead atoms. The van der Waals surface area contributed by atoms with Gasteiger partial charge in [0.15, 0.2) is 0 Å². The third-order valence-electron chi connectivity index (χ3n) is 3.12. The standard InChI is InChI=1S/C17H18Cl2N2O/c18-14-9-15(19)11-16(10-14)21-12-17(22)20-8-4-7-13-5-2-1-3-6-13/h1-3,5-6,9-11,21H,4,7-8,12H2,(H,20,22). The molecular formula is C17H18Cl2N2O. The third kappa shape index (κ3) is 5.96. The Morgan fingerprint density at radius 1 is 1.00 bits per heavy atom. The highest BCUT2D eigenvalue weighted by Crippen LogP contribution is 2.22. The lowest BCUT2D eigenvalue weighted by molar-refractivity contribution is -0.119. The Morgan fingerprint density at radius 2 is 1.68 bits per heavy atom. The summed E-state index contributed by atoms with van der Waals surface area (Å²) in [5.74, 6) is -0.0517. The maximum atomic E-state index is 11.8. The van der Waals surface area contributed by atoms with Crippen LogP contribution < -0.4 is 10.6 Å². The molecule has 116 valence electrons. The molecule has 0 saturated heterocycles. The van der Waals surface area contributed by atoms with E-state index >= 15 is 0 Å². The first-order valence-corrected chi connectivity index (χ1v) is 7.89. The number of hydrogen-bond acceptors (Lipinski definition) is 2. The van der Waals surface area contributed by atoms with E-state index in [2.05, 4.69) is 22.8 Å². The fraction of sp³-hybridized carbons (Fsp3) is 0.235. The highest BCUT2D eigenvalue weighted by molar-refractivity contribution is 6.35. The van der Waals surface area contributed by atoms with Gasteiger partial charge in [0.1, 0.15) is 0 Å². The van der Waals surface area contributed by atoms with Gasteiger partial charge in [0.25, 0.3) is 0 Å². The number of aryl methyl sites for hydroxylation is 1. The van der Waals surface area contributed by atoms with Gasteiger partial charge in [-0.25, -0.2) is 0 Å². The molecule has 0 aromatic heterocycles. The van der Waals surface area contributed by atoms with Crippen LogP contribution in [0.2, 0.25) is 10.0 Å².